The molecule has 5 N–H and O–H groups in total. The molecule has 308 valence electrons. The number of epoxide rings is 1. The van der Waals surface area contributed by atoms with Gasteiger partial charge in [-0.25, -0.2) is 4.79 Å². The van der Waals surface area contributed by atoms with Gasteiger partial charge in [0.15, 0.2) is 11.9 Å². The Labute approximate surface area is 328 Å². The second-order valence-electron chi connectivity index (χ2n) is 19.6. The summed E-state index contributed by atoms with van der Waals surface area (Å²) in [5.41, 5.74) is -4.57. The average Bonchev–Trinajstić information content (AvgIpc) is 3.43. The first-order chi connectivity index (χ1) is 26.7. The number of ketones is 1. The van der Waals surface area contributed by atoms with E-state index in [1.165, 1.54) is 0 Å². The summed E-state index contributed by atoms with van der Waals surface area (Å²) < 4.78 is 31.9. The Bertz CT molecular complexity index is 1770. The van der Waals surface area contributed by atoms with E-state index in [9.17, 15) is 29.7 Å². The van der Waals surface area contributed by atoms with Gasteiger partial charge in [0.1, 0.15) is 30.2 Å². The number of rotatable bonds is 10. The van der Waals surface area contributed by atoms with E-state index in [1.54, 1.807) is 6.26 Å². The summed E-state index contributed by atoms with van der Waals surface area (Å²) in [5.74, 6) is -1.40. The number of furan rings is 1. The number of nitrogens with one attached hydrogen (secondary N) is 2. The molecule has 0 unspecified atom stereocenters. The van der Waals surface area contributed by atoms with E-state index in [1.807, 2.05) is 26.8 Å². The van der Waals surface area contributed by atoms with Crippen molar-refractivity contribution in [2.24, 2.45) is 51.8 Å². The van der Waals surface area contributed by atoms with Crippen molar-refractivity contribution >= 4 is 17.7 Å². The molecule has 0 bridgehead atoms. The van der Waals surface area contributed by atoms with Crippen molar-refractivity contribution in [3.63, 3.8) is 0 Å². The lowest BCUT2D eigenvalue weighted by Gasteiger charge is -2.66. The topological polar surface area (TPSA) is 189 Å². The van der Waals surface area contributed by atoms with Crippen molar-refractivity contribution in [1.82, 2.24) is 10.6 Å². The van der Waals surface area contributed by atoms with Gasteiger partial charge in [-0.3, -0.25) is 14.9 Å². The van der Waals surface area contributed by atoms with Crippen molar-refractivity contribution in [3.8, 4) is 0 Å². The van der Waals surface area contributed by atoms with Crippen molar-refractivity contribution in [1.29, 1.82) is 0 Å². The fraction of sp³-hybridized carbons (Fsp3) is 0.791. The Balaban J connectivity index is 1.06. The molecule has 56 heavy (non-hydrogen) atoms. The largest absolute Gasteiger partial charge is 0.469 e. The monoisotopic (exact) mass is 780 g/mol. The van der Waals surface area contributed by atoms with Gasteiger partial charge >= 0.3 is 11.9 Å². The second-order valence-corrected chi connectivity index (χ2v) is 19.6. The van der Waals surface area contributed by atoms with Crippen LogP contribution >= 0.6 is 0 Å². The standard InChI is InChI=1S/C43H60N2O11/c1-22(2)10-14-40(4)34-33(49)35(50)41(5)30(42(34)20-53-32(48)17-31(42)55-40)11-13-39(3)36(54-38(51)37-43(39,41)56-37)25-12-15-52-29(25)16-26(28(47)19-46)23-6-8-24(9-7-23)27-18-44-21-45-27/h6,8,12,15,22-24,26-28,30-31,34-37,44-47,50H,7,9-11,13-14,16-21H2,1-5H3/t23-,24-,26-,27-,28+,30-,31-,34+,35+,36-,37+,39-,40-,41-,42-,43+/m0/s1. The lowest BCUT2D eigenvalue weighted by molar-refractivity contribution is -0.252. The number of Topliss-reactive ketones (excluding diaryl/α,β-unsaturated/α-hetero) is 1. The Kier molecular flexibility index (Phi) is 9.32. The normalized spacial score (nSPS) is 47.6. The van der Waals surface area contributed by atoms with Gasteiger partial charge in [-0.2, -0.15) is 0 Å². The predicted octanol–water partition coefficient (Wildman–Crippen LogP) is 3.14. The zero-order chi connectivity index (χ0) is 39.6. The van der Waals surface area contributed by atoms with Crippen LogP contribution in [-0.4, -0.2) is 101 Å². The molecule has 2 saturated carbocycles. The Morgan fingerprint density at radius 1 is 1.04 bits per heavy atom. The number of carbonyl (C=O) groups excluding carboxylic acids is 3. The van der Waals surface area contributed by atoms with Crippen LogP contribution in [-0.2, 0) is 39.8 Å². The molecule has 2 spiro atoms. The molecule has 13 nitrogen and oxygen atoms in total. The molecule has 3 aliphatic carbocycles. The molecule has 9 rings (SSSR count). The molecule has 0 aromatic carbocycles. The van der Waals surface area contributed by atoms with Gasteiger partial charge in [-0.15, -0.1) is 0 Å². The number of ether oxygens (including phenoxy) is 4. The van der Waals surface area contributed by atoms with Crippen molar-refractivity contribution in [3.05, 3.63) is 35.8 Å². The number of fused-ring (bicyclic) bond motifs is 1. The molecule has 7 fully saturated rings. The summed E-state index contributed by atoms with van der Waals surface area (Å²) in [4.78, 5) is 42.0. The molecule has 0 amide bonds. The van der Waals surface area contributed by atoms with Gasteiger partial charge in [-0.1, -0.05) is 39.8 Å². The van der Waals surface area contributed by atoms with Crippen LogP contribution in [0, 0.1) is 51.8 Å². The first kappa shape index (κ1) is 38.8. The van der Waals surface area contributed by atoms with Crippen LogP contribution in [0.15, 0.2) is 28.9 Å². The Hall–Kier alpha value is -2.65. The lowest BCUT2D eigenvalue weighted by atomic mass is 9.36. The summed E-state index contributed by atoms with van der Waals surface area (Å²) in [6.45, 7) is 11.5. The van der Waals surface area contributed by atoms with Crippen molar-refractivity contribution in [2.45, 2.75) is 134 Å². The number of hydrogen-bond donors (Lipinski definition) is 5. The van der Waals surface area contributed by atoms with Crippen LogP contribution in [0.1, 0.15) is 97.0 Å². The van der Waals surface area contributed by atoms with E-state index in [2.05, 4.69) is 36.6 Å². The highest BCUT2D eigenvalue weighted by molar-refractivity contribution is 5.92. The third-order valence-corrected chi connectivity index (χ3v) is 16.5. The van der Waals surface area contributed by atoms with Crippen LogP contribution < -0.4 is 10.6 Å². The highest BCUT2D eigenvalue weighted by Gasteiger charge is 2.91. The van der Waals surface area contributed by atoms with Gasteiger partial charge in [0.25, 0.3) is 0 Å². The fourth-order valence-electron chi connectivity index (χ4n) is 13.7. The van der Waals surface area contributed by atoms with Crippen LogP contribution in [0.25, 0.3) is 0 Å². The molecule has 13 heteroatoms. The fourth-order valence-corrected chi connectivity index (χ4v) is 13.7. The highest BCUT2D eigenvalue weighted by atomic mass is 16.7. The number of aliphatic hydroxyl groups is 3. The van der Waals surface area contributed by atoms with E-state index in [0.29, 0.717) is 54.9 Å². The molecule has 0 radical (unpaired) electrons. The number of allylic oxidation sites excluding steroid dienone is 1. The average molecular weight is 781 g/mol. The summed E-state index contributed by atoms with van der Waals surface area (Å²) >= 11 is 0. The van der Waals surface area contributed by atoms with E-state index in [-0.39, 0.29) is 42.5 Å². The smallest absolute Gasteiger partial charge is 0.339 e. The summed E-state index contributed by atoms with van der Waals surface area (Å²) in [7, 11) is 0. The molecule has 16 atom stereocenters. The molecular weight excluding hydrogens is 720 g/mol. The summed E-state index contributed by atoms with van der Waals surface area (Å²) in [6.07, 6.45) is 5.72. The molecule has 8 aliphatic rings. The van der Waals surface area contributed by atoms with E-state index in [0.717, 1.165) is 32.5 Å². The molecule has 1 aromatic rings. The first-order valence-electron chi connectivity index (χ1n) is 21.1. The van der Waals surface area contributed by atoms with Crippen molar-refractivity contribution < 1.29 is 53.1 Å². The van der Waals surface area contributed by atoms with E-state index in [4.69, 9.17) is 23.4 Å². The van der Waals surface area contributed by atoms with E-state index < -0.39 is 76.5 Å². The van der Waals surface area contributed by atoms with Gasteiger partial charge < -0.3 is 44.0 Å². The summed E-state index contributed by atoms with van der Waals surface area (Å²) in [6, 6.07) is 2.18. The predicted molar refractivity (Wildman–Crippen MR) is 199 cm³/mol. The van der Waals surface area contributed by atoms with Gasteiger partial charge in [0.2, 0.25) is 0 Å². The lowest BCUT2D eigenvalue weighted by Crippen LogP contribution is -2.76. The quantitative estimate of drug-likeness (QED) is 0.133. The minimum atomic E-state index is -1.47. The SMILES string of the molecule is CC(C)CC[C@]1(C)O[C@H]2CC(=O)OC[C@]23[C@H]2CC[C@@]4(C)[C@H](c5ccoc5C[C@H]([C@H](O)CO)[C@H]5C=C[C@H]([C@@H]6CNCN6)CC5)OC(=O)[C@H]5O[C@]54[C@]2(C)[C@H](O)C(=O)[C@@H]31. The highest BCUT2D eigenvalue weighted by Crippen LogP contribution is 2.80. The molecule has 5 aliphatic heterocycles. The third-order valence-electron chi connectivity index (χ3n) is 16.5. The van der Waals surface area contributed by atoms with Crippen LogP contribution in [0.3, 0.4) is 0 Å². The number of hydrogen-bond acceptors (Lipinski definition) is 13. The van der Waals surface area contributed by atoms with Crippen molar-refractivity contribution in [2.75, 3.05) is 26.4 Å². The Morgan fingerprint density at radius 3 is 2.54 bits per heavy atom. The zero-order valence-corrected chi connectivity index (χ0v) is 33.3. The number of aliphatic hydroxyl groups excluding tert-OH is 3. The molecule has 6 heterocycles. The van der Waals surface area contributed by atoms with E-state index >= 15 is 0 Å². The molecular formula is C43H60N2O11. The van der Waals surface area contributed by atoms with Crippen LogP contribution in [0.4, 0.5) is 0 Å². The maximum atomic E-state index is 15.0. The molecule has 1 aromatic heterocycles. The van der Waals surface area contributed by atoms with Crippen LogP contribution in [0.2, 0.25) is 0 Å². The number of esters is 2. The number of cyclic esters (lactones) is 2. The van der Waals surface area contributed by atoms with Gasteiger partial charge in [0.05, 0.1) is 43.0 Å². The van der Waals surface area contributed by atoms with Crippen LogP contribution in [0.5, 0.6) is 0 Å². The first-order valence-corrected chi connectivity index (χ1v) is 21.1. The Morgan fingerprint density at radius 2 is 1.84 bits per heavy atom. The maximum Gasteiger partial charge on any atom is 0.339 e. The minimum absolute atomic E-state index is 0.00460. The minimum Gasteiger partial charge on any atom is -0.469 e. The third kappa shape index (κ3) is 5.19. The molecule has 5 saturated heterocycles. The zero-order valence-electron chi connectivity index (χ0n) is 33.3. The number of carbonyl (C=O) groups is 3. The summed E-state index contributed by atoms with van der Waals surface area (Å²) in [5, 5.41) is 40.8. The van der Waals surface area contributed by atoms with Gasteiger partial charge in [-0.05, 0) is 75.2 Å². The maximum absolute atomic E-state index is 15.0. The second kappa shape index (κ2) is 13.4. The van der Waals surface area contributed by atoms with Gasteiger partial charge in [0, 0.05) is 53.4 Å².